The van der Waals surface area contributed by atoms with E-state index in [-0.39, 0.29) is 6.42 Å². The zero-order chi connectivity index (χ0) is 18.7. The molecular weight excluding hydrogens is 328 g/mol. The fourth-order valence-electron chi connectivity index (χ4n) is 1.39. The van der Waals surface area contributed by atoms with Crippen molar-refractivity contribution in [2.45, 2.75) is 24.9 Å². The average molecular weight is 348 g/mol. The smallest absolute Gasteiger partial charge is 0.326 e. The third kappa shape index (κ3) is 9.32. The van der Waals surface area contributed by atoms with Crippen molar-refractivity contribution < 1.29 is 39.3 Å². The third-order valence-corrected chi connectivity index (χ3v) is 2.68. The van der Waals surface area contributed by atoms with Gasteiger partial charge < -0.3 is 37.0 Å². The molecule has 0 heterocycles. The summed E-state index contributed by atoms with van der Waals surface area (Å²) in [6, 6.07) is -2.57. The van der Waals surface area contributed by atoms with Crippen LogP contribution in [0.25, 0.3) is 0 Å². The van der Waals surface area contributed by atoms with E-state index in [1.165, 1.54) is 0 Å². The summed E-state index contributed by atoms with van der Waals surface area (Å²) in [4.78, 5) is 55.4. The Balaban J connectivity index is 4.17. The van der Waals surface area contributed by atoms with Crippen LogP contribution in [0, 0.1) is 0 Å². The number of rotatable bonds is 11. The molecule has 12 heteroatoms. The molecule has 0 fully saturated rings. The first-order chi connectivity index (χ1) is 11.2. The molecule has 0 bridgehead atoms. The van der Waals surface area contributed by atoms with Crippen LogP contribution in [0.1, 0.15) is 12.8 Å². The molecule has 0 radical (unpaired) electrons. The zero-order valence-electron chi connectivity index (χ0n) is 12.7. The Kier molecular flexibility index (Phi) is 9.67. The van der Waals surface area contributed by atoms with Gasteiger partial charge in [0.05, 0.1) is 19.7 Å². The lowest BCUT2D eigenvalue weighted by molar-refractivity contribution is -0.143. The Morgan fingerprint density at radius 3 is 2.04 bits per heavy atom. The van der Waals surface area contributed by atoms with E-state index in [1.807, 2.05) is 0 Å². The van der Waals surface area contributed by atoms with Crippen LogP contribution in [-0.2, 0) is 24.0 Å². The molecule has 136 valence electrons. The van der Waals surface area contributed by atoms with Crippen molar-refractivity contribution in [3.63, 3.8) is 0 Å². The SMILES string of the molecule is NC(CO)C(=O)NCC(=O)NCC(=O)NC(CCC(=O)O)C(=O)O. The van der Waals surface area contributed by atoms with Gasteiger partial charge in [0.15, 0.2) is 0 Å². The summed E-state index contributed by atoms with van der Waals surface area (Å²) in [6.07, 6.45) is -0.750. The molecule has 2 atom stereocenters. The lowest BCUT2D eigenvalue weighted by Gasteiger charge is -2.14. The van der Waals surface area contributed by atoms with Crippen LogP contribution < -0.4 is 21.7 Å². The molecule has 2 unspecified atom stereocenters. The monoisotopic (exact) mass is 348 g/mol. The molecule has 0 saturated carbocycles. The Morgan fingerprint density at radius 2 is 1.54 bits per heavy atom. The van der Waals surface area contributed by atoms with Gasteiger partial charge in [-0.15, -0.1) is 0 Å². The molecule has 8 N–H and O–H groups in total. The van der Waals surface area contributed by atoms with Gasteiger partial charge in [-0.2, -0.15) is 0 Å². The van der Waals surface area contributed by atoms with Crippen molar-refractivity contribution in [3.8, 4) is 0 Å². The van der Waals surface area contributed by atoms with Crippen molar-refractivity contribution in [2.24, 2.45) is 5.73 Å². The molecule has 12 nitrogen and oxygen atoms in total. The van der Waals surface area contributed by atoms with E-state index in [9.17, 15) is 24.0 Å². The minimum atomic E-state index is -1.40. The van der Waals surface area contributed by atoms with Gasteiger partial charge in [-0.05, 0) is 6.42 Å². The fraction of sp³-hybridized carbons (Fsp3) is 0.583. The van der Waals surface area contributed by atoms with Crippen molar-refractivity contribution in [1.29, 1.82) is 0 Å². The standard InChI is InChI=1S/C12H20N4O8/c13-6(5-17)11(22)15-3-8(18)14-4-9(19)16-7(12(23)24)1-2-10(20)21/h6-7,17H,1-5,13H2,(H,14,18)(H,15,22)(H,16,19)(H,20,21)(H,23,24). The number of carbonyl (C=O) groups excluding carboxylic acids is 3. The number of aliphatic hydroxyl groups is 1. The molecule has 0 aliphatic carbocycles. The lowest BCUT2D eigenvalue weighted by atomic mass is 10.1. The molecule has 0 rings (SSSR count). The third-order valence-electron chi connectivity index (χ3n) is 2.68. The van der Waals surface area contributed by atoms with Crippen molar-refractivity contribution in [3.05, 3.63) is 0 Å². The number of hydrogen-bond acceptors (Lipinski definition) is 7. The number of amides is 3. The maximum absolute atomic E-state index is 11.5. The molecule has 0 saturated heterocycles. The first kappa shape index (κ1) is 21.3. The second kappa shape index (κ2) is 10.9. The second-order valence-electron chi connectivity index (χ2n) is 4.67. The van der Waals surface area contributed by atoms with Crippen LogP contribution in [0.15, 0.2) is 0 Å². The maximum atomic E-state index is 11.5. The number of nitrogens with two attached hydrogens (primary N) is 1. The molecule has 0 spiro atoms. The molecular formula is C12H20N4O8. The Hall–Kier alpha value is -2.73. The van der Waals surface area contributed by atoms with Crippen molar-refractivity contribution >= 4 is 29.7 Å². The van der Waals surface area contributed by atoms with Crippen LogP contribution in [0.2, 0.25) is 0 Å². The van der Waals surface area contributed by atoms with Crippen LogP contribution in [0.4, 0.5) is 0 Å². The Labute approximate surface area is 136 Å². The minimum Gasteiger partial charge on any atom is -0.481 e. The van der Waals surface area contributed by atoms with E-state index in [0.29, 0.717) is 0 Å². The highest BCUT2D eigenvalue weighted by Gasteiger charge is 2.21. The molecule has 24 heavy (non-hydrogen) atoms. The van der Waals surface area contributed by atoms with Gasteiger partial charge in [-0.25, -0.2) is 4.79 Å². The van der Waals surface area contributed by atoms with Crippen LogP contribution in [-0.4, -0.2) is 76.8 Å². The first-order valence-electron chi connectivity index (χ1n) is 6.82. The highest BCUT2D eigenvalue weighted by atomic mass is 16.4. The number of aliphatic carboxylic acids is 2. The highest BCUT2D eigenvalue weighted by Crippen LogP contribution is 1.97. The summed E-state index contributed by atoms with van der Waals surface area (Å²) in [7, 11) is 0. The predicted octanol–water partition coefficient (Wildman–Crippen LogP) is -4.03. The van der Waals surface area contributed by atoms with E-state index < -0.39 is 67.9 Å². The van der Waals surface area contributed by atoms with Gasteiger partial charge in [-0.3, -0.25) is 19.2 Å². The van der Waals surface area contributed by atoms with E-state index >= 15 is 0 Å². The fourth-order valence-corrected chi connectivity index (χ4v) is 1.39. The van der Waals surface area contributed by atoms with Crippen LogP contribution >= 0.6 is 0 Å². The van der Waals surface area contributed by atoms with Gasteiger partial charge in [0.25, 0.3) is 0 Å². The van der Waals surface area contributed by atoms with Gasteiger partial charge in [0.1, 0.15) is 12.1 Å². The highest BCUT2D eigenvalue weighted by molar-refractivity contribution is 5.90. The Bertz CT molecular complexity index is 495. The number of carboxylic acid groups (broad SMARTS) is 2. The van der Waals surface area contributed by atoms with Gasteiger partial charge in [0, 0.05) is 6.42 Å². The van der Waals surface area contributed by atoms with Gasteiger partial charge in [0.2, 0.25) is 17.7 Å². The number of carboxylic acids is 2. The largest absolute Gasteiger partial charge is 0.481 e. The second-order valence-corrected chi connectivity index (χ2v) is 4.67. The quantitative estimate of drug-likeness (QED) is 0.193. The predicted molar refractivity (Wildman–Crippen MR) is 77.5 cm³/mol. The van der Waals surface area contributed by atoms with E-state index in [4.69, 9.17) is 21.1 Å². The van der Waals surface area contributed by atoms with E-state index in [2.05, 4.69) is 16.0 Å². The van der Waals surface area contributed by atoms with Gasteiger partial charge in [-0.1, -0.05) is 0 Å². The molecule has 0 aliphatic heterocycles. The number of carbonyl (C=O) groups is 5. The Morgan fingerprint density at radius 1 is 0.958 bits per heavy atom. The molecule has 3 amide bonds. The summed E-state index contributed by atoms with van der Waals surface area (Å²) in [5, 5.41) is 32.3. The molecule has 0 aromatic carbocycles. The minimum absolute atomic E-state index is 0.306. The molecule has 0 aromatic heterocycles. The maximum Gasteiger partial charge on any atom is 0.326 e. The summed E-state index contributed by atoms with van der Waals surface area (Å²) < 4.78 is 0. The average Bonchev–Trinajstić information content (AvgIpc) is 2.52. The summed E-state index contributed by atoms with van der Waals surface area (Å²) >= 11 is 0. The summed E-state index contributed by atoms with van der Waals surface area (Å²) in [6.45, 7) is -1.64. The van der Waals surface area contributed by atoms with Crippen LogP contribution in [0.5, 0.6) is 0 Å². The van der Waals surface area contributed by atoms with Crippen molar-refractivity contribution in [1.82, 2.24) is 16.0 Å². The number of nitrogens with one attached hydrogen (secondary N) is 3. The first-order valence-corrected chi connectivity index (χ1v) is 6.82. The normalized spacial score (nSPS) is 12.6. The van der Waals surface area contributed by atoms with Crippen LogP contribution in [0.3, 0.4) is 0 Å². The van der Waals surface area contributed by atoms with Gasteiger partial charge >= 0.3 is 11.9 Å². The molecule has 0 aliphatic rings. The summed E-state index contributed by atoms with van der Waals surface area (Å²) in [5.74, 6) is -4.93. The molecule has 0 aromatic rings. The van der Waals surface area contributed by atoms with E-state index in [1.54, 1.807) is 0 Å². The number of aliphatic hydroxyl groups excluding tert-OH is 1. The summed E-state index contributed by atoms with van der Waals surface area (Å²) in [5.41, 5.74) is 5.20. The number of hydrogen-bond donors (Lipinski definition) is 7. The van der Waals surface area contributed by atoms with E-state index in [0.717, 1.165) is 0 Å². The zero-order valence-corrected chi connectivity index (χ0v) is 12.7. The topological polar surface area (TPSA) is 208 Å². The van der Waals surface area contributed by atoms with Crippen molar-refractivity contribution in [2.75, 3.05) is 19.7 Å². The lowest BCUT2D eigenvalue weighted by Crippen LogP contribution is -2.49.